The molecular weight excluding hydrogens is 510 g/mol. The normalized spacial score (nSPS) is 15.8. The van der Waals surface area contributed by atoms with Crippen molar-refractivity contribution in [3.8, 4) is 0 Å². The van der Waals surface area contributed by atoms with Crippen LogP contribution < -0.4 is 5.73 Å². The molecule has 1 aliphatic carbocycles. The highest BCUT2D eigenvalue weighted by molar-refractivity contribution is 5.97. The van der Waals surface area contributed by atoms with Crippen LogP contribution in [0.25, 0.3) is 10.9 Å². The molecule has 0 aliphatic heterocycles. The van der Waals surface area contributed by atoms with Crippen LogP contribution >= 0.6 is 0 Å². The molecule has 1 saturated carbocycles. The summed E-state index contributed by atoms with van der Waals surface area (Å²) in [5.41, 5.74) is 8.03. The molecule has 0 bridgehead atoms. The molecular formula is C30H41N5O5. The van der Waals surface area contributed by atoms with Gasteiger partial charge in [0.2, 0.25) is 11.8 Å². The average Bonchev–Trinajstić information content (AvgIpc) is 3.47. The summed E-state index contributed by atoms with van der Waals surface area (Å²) in [7, 11) is 3.66. The molecule has 40 heavy (non-hydrogen) atoms. The summed E-state index contributed by atoms with van der Waals surface area (Å²) < 4.78 is 7.88. The summed E-state index contributed by atoms with van der Waals surface area (Å²) in [6.07, 6.45) is 7.41. The standard InChI is InChI=1S/C30H41N5O5/c1-18(2)15-23(31)28(36)35(30(39)34(5)21-11-7-6-8-12-21)25(27-32-26(29(37)38)19(3)40-27)16-20-17-33(4)24-14-10-9-13-22(20)24/h9-10,13-14,17-18,21,23,25H,6-8,11-12,15-16,31H2,1-5H3,(H,37,38)/t23-,25+/m0/s1. The fourth-order valence-corrected chi connectivity index (χ4v) is 5.81. The van der Waals surface area contributed by atoms with E-state index < -0.39 is 30.0 Å². The van der Waals surface area contributed by atoms with E-state index in [-0.39, 0.29) is 35.7 Å². The van der Waals surface area contributed by atoms with E-state index in [0.717, 1.165) is 48.6 Å². The van der Waals surface area contributed by atoms with Gasteiger partial charge < -0.3 is 24.7 Å². The molecule has 3 aromatic rings. The van der Waals surface area contributed by atoms with Gasteiger partial charge in [0, 0.05) is 43.7 Å². The van der Waals surface area contributed by atoms with Crippen molar-refractivity contribution in [2.75, 3.05) is 7.05 Å². The van der Waals surface area contributed by atoms with Gasteiger partial charge in [-0.15, -0.1) is 0 Å². The summed E-state index contributed by atoms with van der Waals surface area (Å²) in [4.78, 5) is 47.3. The number of urea groups is 1. The molecule has 4 rings (SSSR count). The molecule has 1 aliphatic rings. The number of amides is 3. The van der Waals surface area contributed by atoms with Crippen LogP contribution in [0.1, 0.15) is 86.1 Å². The molecule has 0 radical (unpaired) electrons. The molecule has 0 spiro atoms. The minimum atomic E-state index is -1.24. The quantitative estimate of drug-likeness (QED) is 0.380. The number of carboxylic acids is 1. The van der Waals surface area contributed by atoms with Crippen molar-refractivity contribution in [3.63, 3.8) is 0 Å². The number of aryl methyl sites for hydroxylation is 2. The van der Waals surface area contributed by atoms with Crippen LogP contribution in [0.2, 0.25) is 0 Å². The summed E-state index contributed by atoms with van der Waals surface area (Å²) in [5.74, 6) is -1.53. The van der Waals surface area contributed by atoms with Gasteiger partial charge in [0.25, 0.3) is 0 Å². The maximum atomic E-state index is 14.3. The Balaban J connectivity index is 1.85. The van der Waals surface area contributed by atoms with Gasteiger partial charge in [-0.25, -0.2) is 19.5 Å². The lowest BCUT2D eigenvalue weighted by molar-refractivity contribution is -0.133. The number of imide groups is 1. The number of aromatic nitrogens is 2. The van der Waals surface area contributed by atoms with Gasteiger partial charge in [0.05, 0.1) is 6.04 Å². The largest absolute Gasteiger partial charge is 0.476 e. The molecule has 1 fully saturated rings. The number of oxazole rings is 1. The van der Waals surface area contributed by atoms with Crippen molar-refractivity contribution in [2.45, 2.75) is 83.8 Å². The zero-order chi connectivity index (χ0) is 29.1. The third-order valence-electron chi connectivity index (χ3n) is 7.92. The maximum Gasteiger partial charge on any atom is 0.358 e. The molecule has 216 valence electrons. The molecule has 2 heterocycles. The summed E-state index contributed by atoms with van der Waals surface area (Å²) in [6, 6.07) is 5.46. The highest BCUT2D eigenvalue weighted by Gasteiger charge is 2.41. The topological polar surface area (TPSA) is 135 Å². The van der Waals surface area contributed by atoms with Crippen molar-refractivity contribution >= 4 is 28.8 Å². The van der Waals surface area contributed by atoms with Gasteiger partial charge in [-0.2, -0.15) is 0 Å². The first-order valence-corrected chi connectivity index (χ1v) is 14.1. The maximum absolute atomic E-state index is 14.3. The molecule has 10 nitrogen and oxygen atoms in total. The van der Waals surface area contributed by atoms with E-state index in [1.54, 1.807) is 11.9 Å². The predicted molar refractivity (Wildman–Crippen MR) is 152 cm³/mol. The van der Waals surface area contributed by atoms with Crippen LogP contribution in [0.3, 0.4) is 0 Å². The smallest absolute Gasteiger partial charge is 0.358 e. The fraction of sp³-hybridized carbons (Fsp3) is 0.533. The lowest BCUT2D eigenvalue weighted by Crippen LogP contribution is -2.55. The van der Waals surface area contributed by atoms with Gasteiger partial charge in [0.1, 0.15) is 11.8 Å². The van der Waals surface area contributed by atoms with E-state index in [1.165, 1.54) is 11.8 Å². The van der Waals surface area contributed by atoms with Crippen LogP contribution in [-0.2, 0) is 18.3 Å². The highest BCUT2D eigenvalue weighted by atomic mass is 16.4. The first-order valence-electron chi connectivity index (χ1n) is 14.1. The molecule has 2 atom stereocenters. The predicted octanol–water partition coefficient (Wildman–Crippen LogP) is 5.04. The minimum Gasteiger partial charge on any atom is -0.476 e. The van der Waals surface area contributed by atoms with E-state index in [1.807, 2.05) is 55.9 Å². The van der Waals surface area contributed by atoms with Crippen molar-refractivity contribution in [2.24, 2.45) is 18.7 Å². The van der Waals surface area contributed by atoms with E-state index in [9.17, 15) is 19.5 Å². The molecule has 0 saturated heterocycles. The first-order chi connectivity index (χ1) is 19.0. The number of nitrogens with zero attached hydrogens (tertiary/aromatic N) is 4. The Kier molecular flexibility index (Phi) is 8.98. The van der Waals surface area contributed by atoms with Crippen molar-refractivity contribution < 1.29 is 23.9 Å². The number of fused-ring (bicyclic) bond motifs is 1. The molecule has 10 heteroatoms. The molecule has 2 aromatic heterocycles. The van der Waals surface area contributed by atoms with E-state index in [2.05, 4.69) is 4.98 Å². The number of hydrogen-bond acceptors (Lipinski definition) is 6. The number of hydrogen-bond donors (Lipinski definition) is 2. The molecule has 1 aromatic carbocycles. The number of nitrogens with two attached hydrogens (primary N) is 1. The summed E-state index contributed by atoms with van der Waals surface area (Å²) in [6.45, 7) is 5.46. The van der Waals surface area contributed by atoms with E-state index in [4.69, 9.17) is 10.2 Å². The number of rotatable bonds is 9. The Morgan fingerprint density at radius 3 is 2.48 bits per heavy atom. The van der Waals surface area contributed by atoms with Gasteiger partial charge in [-0.1, -0.05) is 51.3 Å². The number of carbonyl (C=O) groups is 3. The number of aromatic carboxylic acids is 1. The number of para-hydroxylation sites is 1. The molecule has 3 N–H and O–H groups in total. The number of carboxylic acid groups (broad SMARTS) is 1. The van der Waals surface area contributed by atoms with Gasteiger partial charge in [-0.3, -0.25) is 4.79 Å². The van der Waals surface area contributed by atoms with E-state index in [0.29, 0.717) is 6.42 Å². The molecule has 0 unspecified atom stereocenters. The number of benzene rings is 1. The van der Waals surface area contributed by atoms with Crippen LogP contribution in [0, 0.1) is 12.8 Å². The lowest BCUT2D eigenvalue weighted by atomic mass is 9.94. The van der Waals surface area contributed by atoms with Crippen molar-refractivity contribution in [1.29, 1.82) is 0 Å². The van der Waals surface area contributed by atoms with Gasteiger partial charge in [-0.05, 0) is 43.7 Å². The van der Waals surface area contributed by atoms with Crippen molar-refractivity contribution in [1.82, 2.24) is 19.4 Å². The second kappa shape index (κ2) is 12.2. The Morgan fingerprint density at radius 1 is 1.18 bits per heavy atom. The first kappa shape index (κ1) is 29.3. The fourth-order valence-electron chi connectivity index (χ4n) is 5.81. The van der Waals surface area contributed by atoms with Gasteiger partial charge in [0.15, 0.2) is 5.69 Å². The van der Waals surface area contributed by atoms with Crippen LogP contribution in [0.5, 0.6) is 0 Å². The van der Waals surface area contributed by atoms with Crippen LogP contribution in [-0.4, -0.2) is 61.5 Å². The average molecular weight is 552 g/mol. The highest BCUT2D eigenvalue weighted by Crippen LogP contribution is 2.33. The zero-order valence-electron chi connectivity index (χ0n) is 24.1. The van der Waals surface area contributed by atoms with E-state index >= 15 is 0 Å². The third-order valence-corrected chi connectivity index (χ3v) is 7.92. The lowest BCUT2D eigenvalue weighted by Gasteiger charge is -2.38. The Morgan fingerprint density at radius 2 is 1.85 bits per heavy atom. The minimum absolute atomic E-state index is 0.00155. The number of carbonyl (C=O) groups excluding carboxylic acids is 2. The third kappa shape index (κ3) is 6.06. The second-order valence-electron chi connectivity index (χ2n) is 11.4. The summed E-state index contributed by atoms with van der Waals surface area (Å²) >= 11 is 0. The van der Waals surface area contributed by atoms with Crippen molar-refractivity contribution in [3.05, 3.63) is 53.4 Å². The monoisotopic (exact) mass is 551 g/mol. The zero-order valence-corrected chi connectivity index (χ0v) is 24.1. The second-order valence-corrected chi connectivity index (χ2v) is 11.4. The Labute approximate surface area is 235 Å². The SMILES string of the molecule is Cc1oc([C@@H](Cc2cn(C)c3ccccc23)N(C(=O)[C@@H](N)CC(C)C)C(=O)N(C)C2CCCCC2)nc1C(=O)O. The Bertz CT molecular complexity index is 1370. The molecule has 3 amide bonds. The Hall–Kier alpha value is -3.66. The van der Waals surface area contributed by atoms with Crippen LogP contribution in [0.4, 0.5) is 4.79 Å². The van der Waals surface area contributed by atoms with Gasteiger partial charge >= 0.3 is 12.0 Å². The summed E-state index contributed by atoms with van der Waals surface area (Å²) in [5, 5.41) is 10.7. The van der Waals surface area contributed by atoms with Crippen LogP contribution in [0.15, 0.2) is 34.9 Å².